The molecule has 2 rings (SSSR count). The monoisotopic (exact) mass is 373 g/mol. The molecule has 0 aliphatic heterocycles. The number of benzene rings is 2. The third-order valence-corrected chi connectivity index (χ3v) is 3.78. The van der Waals surface area contributed by atoms with Crippen molar-refractivity contribution in [1.82, 2.24) is 0 Å². The van der Waals surface area contributed by atoms with Crippen molar-refractivity contribution in [3.63, 3.8) is 0 Å². The van der Waals surface area contributed by atoms with Crippen LogP contribution in [0.2, 0.25) is 5.02 Å². The van der Waals surface area contributed by atoms with Crippen molar-refractivity contribution < 1.29 is 39.8 Å². The maximum absolute atomic E-state index is 14.1. The number of aryl methyl sites for hydroxylation is 1. The molecule has 0 radical (unpaired) electrons. The minimum atomic E-state index is -3.31. The summed E-state index contributed by atoms with van der Waals surface area (Å²) in [7, 11) is 0. The second-order valence-corrected chi connectivity index (χ2v) is 5.58. The van der Waals surface area contributed by atoms with Crippen LogP contribution in [0, 0.1) is 12.7 Å². The van der Waals surface area contributed by atoms with Crippen molar-refractivity contribution in [3.05, 3.63) is 40.2 Å². The molecule has 25 heavy (non-hydrogen) atoms. The van der Waals surface area contributed by atoms with E-state index in [2.05, 4.69) is 5.32 Å². The smallest absolute Gasteiger partial charge is 0.369 e. The fourth-order valence-corrected chi connectivity index (χ4v) is 2.29. The van der Waals surface area contributed by atoms with Gasteiger partial charge in [-0.15, -0.1) is 0 Å². The van der Waals surface area contributed by atoms with Gasteiger partial charge in [0.05, 0.1) is 0 Å². The Morgan fingerprint density at radius 2 is 1.76 bits per heavy atom. The summed E-state index contributed by atoms with van der Waals surface area (Å²) in [6.45, 7) is 1.55. The van der Waals surface area contributed by atoms with Gasteiger partial charge in [-0.1, -0.05) is 23.2 Å². The molecule has 0 saturated carbocycles. The van der Waals surface area contributed by atoms with E-state index in [4.69, 9.17) is 16.7 Å². The quantitative estimate of drug-likeness (QED) is 0.244. The van der Waals surface area contributed by atoms with E-state index >= 15 is 0 Å². The minimum Gasteiger partial charge on any atom is -0.503 e. The lowest BCUT2D eigenvalue weighted by Gasteiger charge is -2.22. The van der Waals surface area contributed by atoms with Crippen molar-refractivity contribution in [3.8, 4) is 17.2 Å². The highest BCUT2D eigenvalue weighted by Crippen LogP contribution is 2.48. The van der Waals surface area contributed by atoms with Crippen LogP contribution in [0.4, 0.5) is 15.8 Å². The lowest BCUT2D eigenvalue weighted by atomic mass is 10.0. The maximum atomic E-state index is 14.1. The van der Waals surface area contributed by atoms with Crippen molar-refractivity contribution >= 4 is 28.9 Å². The fourth-order valence-electron chi connectivity index (χ4n) is 2.07. The molecule has 2 aromatic rings. The number of anilines is 2. The largest absolute Gasteiger partial charge is 0.503 e. The molecule has 0 spiro atoms. The third kappa shape index (κ3) is 3.12. The molecule has 0 aliphatic rings. The van der Waals surface area contributed by atoms with E-state index in [-0.39, 0.29) is 5.69 Å². The summed E-state index contributed by atoms with van der Waals surface area (Å²) < 4.78 is 14.1. The summed E-state index contributed by atoms with van der Waals surface area (Å²) in [4.78, 5) is 11.1. The van der Waals surface area contributed by atoms with Crippen molar-refractivity contribution in [2.45, 2.75) is 12.7 Å². The van der Waals surface area contributed by atoms with Crippen LogP contribution in [0.1, 0.15) is 11.1 Å². The lowest BCUT2D eigenvalue weighted by Crippen LogP contribution is -2.35. The van der Waals surface area contributed by atoms with Gasteiger partial charge in [0.2, 0.25) is 5.75 Å². The Balaban J connectivity index is 2.66. The molecule has 0 amide bonds. The summed E-state index contributed by atoms with van der Waals surface area (Å²) >= 11 is 5.72. The number of phenols is 3. The van der Waals surface area contributed by atoms with E-state index in [1.807, 2.05) is 0 Å². The summed E-state index contributed by atoms with van der Waals surface area (Å²) in [5.41, 5.74) is -1.05. The summed E-state index contributed by atoms with van der Waals surface area (Å²) in [5.74, 6) is -10.2. The molecule has 0 aromatic heterocycles. The normalized spacial score (nSPS) is 11.4. The summed E-state index contributed by atoms with van der Waals surface area (Å²) in [5, 5.41) is 58.5. The molecule has 0 bridgehead atoms. The van der Waals surface area contributed by atoms with Crippen molar-refractivity contribution in [1.29, 1.82) is 0 Å². The first-order valence-corrected chi connectivity index (χ1v) is 7.04. The number of halogens is 2. The highest BCUT2D eigenvalue weighted by molar-refractivity contribution is 6.35. The van der Waals surface area contributed by atoms with Gasteiger partial charge in [0.15, 0.2) is 17.3 Å². The number of hydrogen-bond acceptors (Lipinski definition) is 7. The summed E-state index contributed by atoms with van der Waals surface area (Å²) in [6, 6.07) is 3.80. The van der Waals surface area contributed by atoms with E-state index in [0.29, 0.717) is 5.56 Å². The third-order valence-electron chi connectivity index (χ3n) is 3.41. The van der Waals surface area contributed by atoms with Crippen LogP contribution in [0.5, 0.6) is 17.2 Å². The molecule has 0 aliphatic carbocycles. The van der Waals surface area contributed by atoms with Gasteiger partial charge in [-0.05, 0) is 19.1 Å². The van der Waals surface area contributed by atoms with Gasteiger partial charge in [-0.25, -0.2) is 9.18 Å². The van der Waals surface area contributed by atoms with Gasteiger partial charge in [0.25, 0.3) is 5.79 Å². The second kappa shape index (κ2) is 6.28. The molecule has 0 fully saturated rings. The lowest BCUT2D eigenvalue weighted by molar-refractivity contribution is -0.207. The Hall–Kier alpha value is -2.75. The average Bonchev–Trinajstić information content (AvgIpc) is 2.56. The molecule has 7 N–H and O–H groups in total. The Morgan fingerprint density at radius 1 is 1.16 bits per heavy atom. The van der Waals surface area contributed by atoms with Gasteiger partial charge in [0, 0.05) is 11.3 Å². The number of phenolic OH excluding ortho intramolecular Hbond substituents is 3. The Kier molecular flexibility index (Phi) is 4.67. The zero-order valence-electron chi connectivity index (χ0n) is 12.6. The molecule has 0 heterocycles. The minimum absolute atomic E-state index is 0.275. The molecule has 0 saturated heterocycles. The molecule has 0 unspecified atom stereocenters. The predicted octanol–water partition coefficient (Wildman–Crippen LogP) is 1.87. The number of nitrogens with one attached hydrogen (secondary N) is 1. The molecular formula is C15H13ClFNO7. The van der Waals surface area contributed by atoms with Gasteiger partial charge in [-0.2, -0.15) is 0 Å². The zero-order valence-corrected chi connectivity index (χ0v) is 13.3. The van der Waals surface area contributed by atoms with Gasteiger partial charge in [-0.3, -0.25) is 0 Å². The molecule has 134 valence electrons. The average molecular weight is 374 g/mol. The molecule has 2 aromatic carbocycles. The fraction of sp³-hybridized carbons (Fsp3) is 0.133. The number of rotatable bonds is 4. The van der Waals surface area contributed by atoms with E-state index in [1.165, 1.54) is 12.1 Å². The van der Waals surface area contributed by atoms with E-state index in [1.54, 1.807) is 6.92 Å². The number of carbonyl (C=O) groups is 1. The van der Waals surface area contributed by atoms with Crippen molar-refractivity contribution in [2.24, 2.45) is 0 Å². The van der Waals surface area contributed by atoms with Gasteiger partial charge < -0.3 is 36.0 Å². The number of aliphatic hydroxyl groups is 2. The predicted molar refractivity (Wildman–Crippen MR) is 84.6 cm³/mol. The van der Waals surface area contributed by atoms with E-state index in [9.17, 15) is 34.7 Å². The maximum Gasteiger partial charge on any atom is 0.369 e. The van der Waals surface area contributed by atoms with Crippen LogP contribution >= 0.6 is 11.6 Å². The highest BCUT2D eigenvalue weighted by Gasteiger charge is 2.38. The Bertz CT molecular complexity index is 840. The van der Waals surface area contributed by atoms with Crippen LogP contribution < -0.4 is 5.32 Å². The highest BCUT2D eigenvalue weighted by atomic mass is 35.5. The molecular weight excluding hydrogens is 361 g/mol. The number of hydrogen-bond donors (Lipinski definition) is 7. The number of aliphatic carboxylic acids is 1. The van der Waals surface area contributed by atoms with Crippen LogP contribution in [0.25, 0.3) is 0 Å². The van der Waals surface area contributed by atoms with Crippen LogP contribution in [-0.2, 0) is 10.6 Å². The van der Waals surface area contributed by atoms with Gasteiger partial charge in [0.1, 0.15) is 10.7 Å². The van der Waals surface area contributed by atoms with Crippen LogP contribution in [0.3, 0.4) is 0 Å². The number of carboxylic acids is 1. The molecule has 8 nitrogen and oxygen atoms in total. The van der Waals surface area contributed by atoms with Gasteiger partial charge >= 0.3 is 5.97 Å². The Labute approximate surface area is 145 Å². The second-order valence-electron chi connectivity index (χ2n) is 5.20. The zero-order chi connectivity index (χ0) is 19.1. The van der Waals surface area contributed by atoms with Crippen LogP contribution in [-0.4, -0.2) is 36.6 Å². The first-order chi connectivity index (χ1) is 11.5. The first-order valence-electron chi connectivity index (χ1n) is 6.66. The molecule has 0 atom stereocenters. The van der Waals surface area contributed by atoms with Crippen LogP contribution in [0.15, 0.2) is 18.2 Å². The Morgan fingerprint density at radius 3 is 2.32 bits per heavy atom. The first kappa shape index (κ1) is 18.6. The number of aromatic hydroxyl groups is 3. The van der Waals surface area contributed by atoms with E-state index in [0.717, 1.165) is 6.07 Å². The number of carboxylic acid groups (broad SMARTS) is 1. The van der Waals surface area contributed by atoms with E-state index < -0.39 is 51.1 Å². The molecule has 10 heteroatoms. The SMILES string of the molecule is Cc1ccc(Nc2c(F)c(O)c(O)c(O)c2Cl)c(C(O)(O)C(=O)O)c1. The van der Waals surface area contributed by atoms with Crippen molar-refractivity contribution in [2.75, 3.05) is 5.32 Å². The topological polar surface area (TPSA) is 150 Å². The standard InChI is InChI=1S/C15H13ClFNO7/c1-5-2-3-7(6(4-5)15(24,25)14(22)23)18-10-8(16)11(19)13(21)12(20)9(10)17/h2-4,18-21,24-25H,1H3,(H,22,23). The summed E-state index contributed by atoms with van der Waals surface area (Å²) in [6.07, 6.45) is 0.